The maximum Gasteiger partial charge on any atom is 0.224 e. The number of benzene rings is 1. The number of rotatable bonds is 4. The van der Waals surface area contributed by atoms with Crippen molar-refractivity contribution in [3.63, 3.8) is 0 Å². The smallest absolute Gasteiger partial charge is 0.224 e. The second-order valence-electron chi connectivity index (χ2n) is 4.10. The Hall–Kier alpha value is -1.79. The first-order valence-corrected chi connectivity index (χ1v) is 6.17. The fourth-order valence-corrected chi connectivity index (χ4v) is 1.54. The van der Waals surface area contributed by atoms with Crippen molar-refractivity contribution in [1.82, 2.24) is 0 Å². The highest BCUT2D eigenvalue weighted by atomic mass is 16.2. The molecule has 2 N–H and O–H groups in total. The van der Waals surface area contributed by atoms with E-state index in [1.807, 2.05) is 32.0 Å². The van der Waals surface area contributed by atoms with Crippen LogP contribution < -0.4 is 5.32 Å². The van der Waals surface area contributed by atoms with Gasteiger partial charge >= 0.3 is 0 Å². The van der Waals surface area contributed by atoms with Crippen LogP contribution in [0.25, 0.3) is 0 Å². The van der Waals surface area contributed by atoms with Crippen LogP contribution in [0.4, 0.5) is 5.69 Å². The predicted molar refractivity (Wildman–Crippen MR) is 73.3 cm³/mol. The van der Waals surface area contributed by atoms with Crippen LogP contribution in [0.5, 0.6) is 0 Å². The maximum absolute atomic E-state index is 11.5. The molecule has 0 fully saturated rings. The Labute approximate surface area is 108 Å². The molecule has 0 radical (unpaired) electrons. The van der Waals surface area contributed by atoms with Crippen LogP contribution in [-0.4, -0.2) is 17.6 Å². The van der Waals surface area contributed by atoms with Gasteiger partial charge in [0.05, 0.1) is 6.61 Å². The highest BCUT2D eigenvalue weighted by Crippen LogP contribution is 2.16. The third-order valence-corrected chi connectivity index (χ3v) is 2.45. The summed E-state index contributed by atoms with van der Waals surface area (Å²) >= 11 is 0. The molecule has 0 saturated carbocycles. The van der Waals surface area contributed by atoms with Gasteiger partial charge in [0, 0.05) is 24.1 Å². The van der Waals surface area contributed by atoms with E-state index in [1.165, 1.54) is 0 Å². The van der Waals surface area contributed by atoms with Crippen LogP contribution in [0, 0.1) is 18.8 Å². The molecular weight excluding hydrogens is 226 g/mol. The predicted octanol–water partition coefficient (Wildman–Crippen LogP) is 2.47. The van der Waals surface area contributed by atoms with Gasteiger partial charge in [-0.25, -0.2) is 0 Å². The first-order chi connectivity index (χ1) is 8.67. The highest BCUT2D eigenvalue weighted by Gasteiger charge is 2.03. The average Bonchev–Trinajstić information content (AvgIpc) is 2.33. The Bertz CT molecular complexity index is 469. The summed E-state index contributed by atoms with van der Waals surface area (Å²) in [5.74, 6) is 5.88. The van der Waals surface area contributed by atoms with Crippen molar-refractivity contribution in [2.45, 2.75) is 33.1 Å². The van der Waals surface area contributed by atoms with E-state index in [1.54, 1.807) is 0 Å². The third kappa shape index (κ3) is 4.60. The summed E-state index contributed by atoms with van der Waals surface area (Å²) in [5.41, 5.74) is 2.73. The summed E-state index contributed by atoms with van der Waals surface area (Å²) in [6.07, 6.45) is 1.86. The number of amides is 1. The van der Waals surface area contributed by atoms with Gasteiger partial charge in [0.15, 0.2) is 0 Å². The zero-order valence-electron chi connectivity index (χ0n) is 10.9. The molecule has 0 saturated heterocycles. The van der Waals surface area contributed by atoms with Crippen molar-refractivity contribution < 1.29 is 9.90 Å². The van der Waals surface area contributed by atoms with E-state index in [0.29, 0.717) is 12.8 Å². The zero-order chi connectivity index (χ0) is 13.4. The van der Waals surface area contributed by atoms with Crippen LogP contribution in [0.1, 0.15) is 37.3 Å². The van der Waals surface area contributed by atoms with Gasteiger partial charge in [0.1, 0.15) is 0 Å². The van der Waals surface area contributed by atoms with Crippen molar-refractivity contribution >= 4 is 11.6 Å². The Morgan fingerprint density at radius 1 is 1.44 bits per heavy atom. The summed E-state index contributed by atoms with van der Waals surface area (Å²) in [6, 6.07) is 5.68. The Kier molecular flexibility index (Phi) is 5.96. The Balaban J connectivity index is 2.74. The number of anilines is 1. The molecule has 0 aliphatic heterocycles. The number of aliphatic hydroxyl groups is 1. The van der Waals surface area contributed by atoms with Crippen LogP contribution in [0.3, 0.4) is 0 Å². The van der Waals surface area contributed by atoms with E-state index in [2.05, 4.69) is 17.2 Å². The number of carbonyl (C=O) groups excluding carboxylic acids is 1. The molecule has 3 nitrogen and oxygen atoms in total. The van der Waals surface area contributed by atoms with Crippen molar-refractivity contribution in [3.8, 4) is 11.8 Å². The molecule has 0 aliphatic rings. The normalized spacial score (nSPS) is 9.50. The fourth-order valence-electron chi connectivity index (χ4n) is 1.54. The minimum absolute atomic E-state index is 0.0414. The molecule has 1 rings (SSSR count). The van der Waals surface area contributed by atoms with Crippen LogP contribution in [0.15, 0.2) is 18.2 Å². The lowest BCUT2D eigenvalue weighted by Crippen LogP contribution is -2.11. The maximum atomic E-state index is 11.5. The van der Waals surface area contributed by atoms with Crippen LogP contribution in [-0.2, 0) is 4.79 Å². The lowest BCUT2D eigenvalue weighted by molar-refractivity contribution is -0.116. The van der Waals surface area contributed by atoms with E-state index in [-0.39, 0.29) is 12.5 Å². The molecule has 0 unspecified atom stereocenters. The van der Waals surface area contributed by atoms with Gasteiger partial charge in [-0.2, -0.15) is 0 Å². The molecular formula is C15H19NO2. The van der Waals surface area contributed by atoms with Gasteiger partial charge in [-0.1, -0.05) is 18.8 Å². The molecule has 0 atom stereocenters. The van der Waals surface area contributed by atoms with Crippen LogP contribution >= 0.6 is 0 Å². The second kappa shape index (κ2) is 7.52. The zero-order valence-corrected chi connectivity index (χ0v) is 10.9. The summed E-state index contributed by atoms with van der Waals surface area (Å²) < 4.78 is 0. The molecule has 0 aliphatic carbocycles. The summed E-state index contributed by atoms with van der Waals surface area (Å²) in [4.78, 5) is 11.5. The number of hydrogen-bond donors (Lipinski definition) is 2. The van der Waals surface area contributed by atoms with E-state index in [9.17, 15) is 4.79 Å². The SMILES string of the molecule is CCCC(=O)Nc1ccc(C#CCCO)cc1C. The molecule has 0 spiro atoms. The number of hydrogen-bond acceptors (Lipinski definition) is 2. The molecule has 1 amide bonds. The van der Waals surface area contributed by atoms with Crippen molar-refractivity contribution in [3.05, 3.63) is 29.3 Å². The molecule has 1 aromatic carbocycles. The summed E-state index contributed by atoms with van der Waals surface area (Å²) in [7, 11) is 0. The van der Waals surface area contributed by atoms with Gasteiger partial charge in [0.25, 0.3) is 0 Å². The average molecular weight is 245 g/mol. The quantitative estimate of drug-likeness (QED) is 0.801. The first-order valence-electron chi connectivity index (χ1n) is 6.17. The summed E-state index contributed by atoms with van der Waals surface area (Å²) in [6.45, 7) is 4.00. The molecule has 1 aromatic rings. The number of aliphatic hydroxyl groups excluding tert-OH is 1. The van der Waals surface area contributed by atoms with Crippen molar-refractivity contribution in [1.29, 1.82) is 0 Å². The minimum atomic E-state index is 0.0414. The highest BCUT2D eigenvalue weighted by molar-refractivity contribution is 5.91. The second-order valence-corrected chi connectivity index (χ2v) is 4.10. The van der Waals surface area contributed by atoms with Crippen molar-refractivity contribution in [2.24, 2.45) is 0 Å². The lowest BCUT2D eigenvalue weighted by atomic mass is 10.1. The monoisotopic (exact) mass is 245 g/mol. The molecule has 0 heterocycles. The fraction of sp³-hybridized carbons (Fsp3) is 0.400. The standard InChI is InChI=1S/C15H19NO2/c1-3-6-15(18)16-14-9-8-13(11-12(14)2)7-4-5-10-17/h8-9,11,17H,3,5-6,10H2,1-2H3,(H,16,18). The third-order valence-electron chi connectivity index (χ3n) is 2.45. The Morgan fingerprint density at radius 2 is 2.22 bits per heavy atom. The number of nitrogens with one attached hydrogen (secondary N) is 1. The van der Waals surface area contributed by atoms with Gasteiger partial charge < -0.3 is 10.4 Å². The van der Waals surface area contributed by atoms with E-state index in [4.69, 9.17) is 5.11 Å². The van der Waals surface area contributed by atoms with Gasteiger partial charge in [-0.3, -0.25) is 4.79 Å². The van der Waals surface area contributed by atoms with Gasteiger partial charge in [-0.05, 0) is 37.1 Å². The van der Waals surface area contributed by atoms with Crippen LogP contribution in [0.2, 0.25) is 0 Å². The molecule has 18 heavy (non-hydrogen) atoms. The number of aryl methyl sites for hydroxylation is 1. The largest absolute Gasteiger partial charge is 0.395 e. The van der Waals surface area contributed by atoms with E-state index < -0.39 is 0 Å². The first kappa shape index (κ1) is 14.3. The van der Waals surface area contributed by atoms with Gasteiger partial charge in [0.2, 0.25) is 5.91 Å². The van der Waals surface area contributed by atoms with Gasteiger partial charge in [-0.15, -0.1) is 0 Å². The lowest BCUT2D eigenvalue weighted by Gasteiger charge is -2.08. The molecule has 0 aromatic heterocycles. The molecule has 3 heteroatoms. The summed E-state index contributed by atoms with van der Waals surface area (Å²) in [5, 5.41) is 11.5. The number of carbonyl (C=O) groups is 1. The van der Waals surface area contributed by atoms with E-state index >= 15 is 0 Å². The minimum Gasteiger partial charge on any atom is -0.395 e. The van der Waals surface area contributed by atoms with E-state index in [0.717, 1.165) is 23.2 Å². The topological polar surface area (TPSA) is 49.3 Å². The Morgan fingerprint density at radius 3 is 2.83 bits per heavy atom. The molecule has 0 bridgehead atoms. The molecule has 96 valence electrons. The van der Waals surface area contributed by atoms with Crippen molar-refractivity contribution in [2.75, 3.05) is 11.9 Å².